The van der Waals surface area contributed by atoms with Crippen LogP contribution in [0.1, 0.15) is 6.42 Å². The molecule has 1 atom stereocenters. The summed E-state index contributed by atoms with van der Waals surface area (Å²) in [4.78, 5) is 12.9. The van der Waals surface area contributed by atoms with E-state index in [9.17, 15) is 13.2 Å². The maximum atomic E-state index is 12.0. The second-order valence-corrected chi connectivity index (χ2v) is 7.31. The van der Waals surface area contributed by atoms with Gasteiger partial charge in [0.2, 0.25) is 10.0 Å². The molecule has 1 aliphatic rings. The van der Waals surface area contributed by atoms with E-state index in [1.807, 2.05) is 4.90 Å². The summed E-state index contributed by atoms with van der Waals surface area (Å²) in [7, 11) is -0.435. The van der Waals surface area contributed by atoms with Crippen LogP contribution in [0.25, 0.3) is 0 Å². The van der Waals surface area contributed by atoms with Gasteiger partial charge in [0.05, 0.1) is 10.9 Å². The number of benzene rings is 1. The molecule has 1 aromatic carbocycles. The van der Waals surface area contributed by atoms with Gasteiger partial charge in [-0.05, 0) is 30.7 Å². The van der Waals surface area contributed by atoms with Gasteiger partial charge >= 0.3 is 6.09 Å². The summed E-state index contributed by atoms with van der Waals surface area (Å²) in [6.45, 7) is 1.33. The fourth-order valence-electron chi connectivity index (χ4n) is 2.33. The molecule has 0 aromatic heterocycles. The minimum Gasteiger partial charge on any atom is -0.465 e. The van der Waals surface area contributed by atoms with Gasteiger partial charge < -0.3 is 15.3 Å². The Hall–Kier alpha value is -1.80. The minimum absolute atomic E-state index is 0.0901. The average Bonchev–Trinajstić information content (AvgIpc) is 2.86. The highest BCUT2D eigenvalue weighted by Gasteiger charge is 2.24. The van der Waals surface area contributed by atoms with Gasteiger partial charge in [-0.2, -0.15) is 0 Å². The summed E-state index contributed by atoms with van der Waals surface area (Å²) in [6.07, 6.45) is -0.279. The van der Waals surface area contributed by atoms with E-state index >= 15 is 0 Å². The molecule has 2 N–H and O–H groups in total. The lowest BCUT2D eigenvalue weighted by Crippen LogP contribution is -2.36. The second kappa shape index (κ2) is 5.90. The lowest BCUT2D eigenvalue weighted by atomic mass is 10.3. The number of nitrogens with zero attached hydrogens (tertiary/aromatic N) is 2. The molecule has 1 aliphatic heterocycles. The molecule has 1 unspecified atom stereocenters. The van der Waals surface area contributed by atoms with Crippen LogP contribution in [-0.4, -0.2) is 57.1 Å². The standard InChI is InChI=1S/C13H19N3O4S/c1-15(2)21(19,20)12-5-3-11(4-6-12)16-8-7-10(9-16)14-13(17)18/h3-6,10,14H,7-9H2,1-2H3,(H,17,18). The highest BCUT2D eigenvalue weighted by atomic mass is 32.2. The third-order valence-corrected chi connectivity index (χ3v) is 5.33. The maximum absolute atomic E-state index is 12.0. The lowest BCUT2D eigenvalue weighted by molar-refractivity contribution is 0.191. The highest BCUT2D eigenvalue weighted by molar-refractivity contribution is 7.89. The average molecular weight is 313 g/mol. The molecule has 0 bridgehead atoms. The first-order valence-electron chi connectivity index (χ1n) is 6.57. The SMILES string of the molecule is CN(C)S(=O)(=O)c1ccc(N2CCC(NC(=O)O)C2)cc1. The molecule has 1 heterocycles. The van der Waals surface area contributed by atoms with Gasteiger partial charge in [0.1, 0.15) is 0 Å². The molecule has 8 heteroatoms. The van der Waals surface area contributed by atoms with Crippen molar-refractivity contribution >= 4 is 21.8 Å². The predicted molar refractivity (Wildman–Crippen MR) is 79.1 cm³/mol. The van der Waals surface area contributed by atoms with Crippen molar-refractivity contribution in [2.45, 2.75) is 17.4 Å². The van der Waals surface area contributed by atoms with Crippen LogP contribution in [0.3, 0.4) is 0 Å². The van der Waals surface area contributed by atoms with Gasteiger partial charge in [0, 0.05) is 32.9 Å². The van der Waals surface area contributed by atoms with Crippen molar-refractivity contribution in [3.05, 3.63) is 24.3 Å². The van der Waals surface area contributed by atoms with E-state index in [-0.39, 0.29) is 10.9 Å². The Balaban J connectivity index is 2.09. The summed E-state index contributed by atoms with van der Waals surface area (Å²) in [5, 5.41) is 11.2. The molecule has 2 rings (SSSR count). The largest absolute Gasteiger partial charge is 0.465 e. The van der Waals surface area contributed by atoms with Crippen molar-refractivity contribution in [1.29, 1.82) is 0 Å². The Bertz CT molecular complexity index is 613. The van der Waals surface area contributed by atoms with E-state index in [0.29, 0.717) is 6.54 Å². The third kappa shape index (κ3) is 3.45. The van der Waals surface area contributed by atoms with Crippen LogP contribution in [0.5, 0.6) is 0 Å². The number of hydrogen-bond donors (Lipinski definition) is 2. The first-order valence-corrected chi connectivity index (χ1v) is 8.01. The Morgan fingerprint density at radius 3 is 2.48 bits per heavy atom. The number of rotatable bonds is 4. The number of carbonyl (C=O) groups is 1. The molecule has 0 aliphatic carbocycles. The van der Waals surface area contributed by atoms with Gasteiger partial charge in [-0.25, -0.2) is 17.5 Å². The van der Waals surface area contributed by atoms with E-state index in [1.54, 1.807) is 24.3 Å². The highest BCUT2D eigenvalue weighted by Crippen LogP contribution is 2.23. The van der Waals surface area contributed by atoms with Gasteiger partial charge in [-0.15, -0.1) is 0 Å². The topological polar surface area (TPSA) is 90.0 Å². The van der Waals surface area contributed by atoms with Crippen molar-refractivity contribution in [2.24, 2.45) is 0 Å². The monoisotopic (exact) mass is 313 g/mol. The molecular formula is C13H19N3O4S. The van der Waals surface area contributed by atoms with Gasteiger partial charge in [-0.3, -0.25) is 0 Å². The zero-order chi connectivity index (χ0) is 15.6. The molecule has 116 valence electrons. The van der Waals surface area contributed by atoms with Crippen molar-refractivity contribution in [1.82, 2.24) is 9.62 Å². The Morgan fingerprint density at radius 1 is 1.33 bits per heavy atom. The third-order valence-electron chi connectivity index (χ3n) is 3.50. The van der Waals surface area contributed by atoms with Crippen LogP contribution in [0.2, 0.25) is 0 Å². The minimum atomic E-state index is -3.42. The summed E-state index contributed by atoms with van der Waals surface area (Å²) in [5.41, 5.74) is 0.891. The van der Waals surface area contributed by atoms with E-state index in [2.05, 4.69) is 5.32 Å². The Labute approximate surface area is 124 Å². The van der Waals surface area contributed by atoms with E-state index in [1.165, 1.54) is 18.4 Å². The lowest BCUT2D eigenvalue weighted by Gasteiger charge is -2.19. The van der Waals surface area contributed by atoms with Crippen molar-refractivity contribution < 1.29 is 18.3 Å². The molecule has 0 spiro atoms. The number of sulfonamides is 1. The maximum Gasteiger partial charge on any atom is 0.404 e. The Kier molecular flexibility index (Phi) is 4.38. The van der Waals surface area contributed by atoms with E-state index in [0.717, 1.165) is 18.7 Å². The fourth-order valence-corrected chi connectivity index (χ4v) is 3.23. The van der Waals surface area contributed by atoms with Gasteiger partial charge in [-0.1, -0.05) is 0 Å². The van der Waals surface area contributed by atoms with Gasteiger partial charge in [0.15, 0.2) is 0 Å². The number of amides is 1. The molecule has 1 aromatic rings. The molecular weight excluding hydrogens is 294 g/mol. The van der Waals surface area contributed by atoms with Crippen LogP contribution in [-0.2, 0) is 10.0 Å². The molecule has 1 amide bonds. The normalized spacial score (nSPS) is 19.0. The van der Waals surface area contributed by atoms with Crippen LogP contribution in [0, 0.1) is 0 Å². The molecule has 21 heavy (non-hydrogen) atoms. The van der Waals surface area contributed by atoms with Crippen LogP contribution in [0.15, 0.2) is 29.2 Å². The zero-order valence-electron chi connectivity index (χ0n) is 12.0. The number of hydrogen-bond acceptors (Lipinski definition) is 4. The smallest absolute Gasteiger partial charge is 0.404 e. The van der Waals surface area contributed by atoms with Crippen LogP contribution < -0.4 is 10.2 Å². The molecule has 0 saturated carbocycles. The van der Waals surface area contributed by atoms with Crippen molar-refractivity contribution in [3.8, 4) is 0 Å². The summed E-state index contributed by atoms with van der Waals surface area (Å²) >= 11 is 0. The quantitative estimate of drug-likeness (QED) is 0.857. The van der Waals surface area contributed by atoms with Crippen molar-refractivity contribution in [3.63, 3.8) is 0 Å². The van der Waals surface area contributed by atoms with Crippen molar-refractivity contribution in [2.75, 3.05) is 32.1 Å². The van der Waals surface area contributed by atoms with Gasteiger partial charge in [0.25, 0.3) is 0 Å². The number of carboxylic acid groups (broad SMARTS) is 1. The first-order chi connectivity index (χ1) is 9.80. The first kappa shape index (κ1) is 15.6. The van der Waals surface area contributed by atoms with Crippen LogP contribution >= 0.6 is 0 Å². The van der Waals surface area contributed by atoms with E-state index in [4.69, 9.17) is 5.11 Å². The number of nitrogens with one attached hydrogen (secondary N) is 1. The Morgan fingerprint density at radius 2 is 1.95 bits per heavy atom. The zero-order valence-corrected chi connectivity index (χ0v) is 12.8. The van der Waals surface area contributed by atoms with E-state index < -0.39 is 16.1 Å². The summed E-state index contributed by atoms with van der Waals surface area (Å²) < 4.78 is 25.1. The second-order valence-electron chi connectivity index (χ2n) is 5.16. The molecule has 1 saturated heterocycles. The molecule has 7 nitrogen and oxygen atoms in total. The molecule has 0 radical (unpaired) electrons. The fraction of sp³-hybridized carbons (Fsp3) is 0.462. The van der Waals surface area contributed by atoms with Crippen LogP contribution in [0.4, 0.5) is 10.5 Å². The summed E-state index contributed by atoms with van der Waals surface area (Å²) in [6, 6.07) is 6.55. The number of anilines is 1. The molecule has 1 fully saturated rings. The summed E-state index contributed by atoms with van der Waals surface area (Å²) in [5.74, 6) is 0. The predicted octanol–water partition coefficient (Wildman–Crippen LogP) is 0.783.